The van der Waals surface area contributed by atoms with Crippen LogP contribution in [0.15, 0.2) is 24.3 Å². The van der Waals surface area contributed by atoms with E-state index in [0.717, 1.165) is 6.42 Å². The fraction of sp³-hybridized carbons (Fsp3) is 0.500. The highest BCUT2D eigenvalue weighted by Gasteiger charge is 2.18. The molecule has 0 fully saturated rings. The Morgan fingerprint density at radius 3 is 3.07 bits per heavy atom. The Hall–Kier alpha value is -0.820. The van der Waals surface area contributed by atoms with E-state index in [1.54, 1.807) is 0 Å². The Bertz CT molecular complexity index is 306. The summed E-state index contributed by atoms with van der Waals surface area (Å²) in [6.45, 7) is 5.52. The molecule has 1 aliphatic heterocycles. The zero-order valence-electron chi connectivity index (χ0n) is 9.42. The Labute approximate surface area is 92.9 Å². The summed E-state index contributed by atoms with van der Waals surface area (Å²) in [5.74, 6) is 0. The van der Waals surface area contributed by atoms with Crippen molar-refractivity contribution in [3.8, 4) is 0 Å². The highest BCUT2D eigenvalue weighted by atomic mass is 14.9. The third-order valence-corrected chi connectivity index (χ3v) is 3.08. The number of hydrogen-bond donors (Lipinski definition) is 1. The number of nitrogens with one attached hydrogen (secondary N) is 1. The minimum atomic E-state index is 0.501. The lowest BCUT2D eigenvalue weighted by Crippen LogP contribution is -2.25. The number of benzene rings is 1. The van der Waals surface area contributed by atoms with Crippen molar-refractivity contribution in [1.29, 1.82) is 0 Å². The summed E-state index contributed by atoms with van der Waals surface area (Å²) in [6.07, 6.45) is 6.12. The minimum absolute atomic E-state index is 0.501. The fourth-order valence-electron chi connectivity index (χ4n) is 2.21. The summed E-state index contributed by atoms with van der Waals surface area (Å²) in [4.78, 5) is 0. The van der Waals surface area contributed by atoms with Crippen LogP contribution in [0.2, 0.25) is 0 Å². The van der Waals surface area contributed by atoms with Gasteiger partial charge in [0.05, 0.1) is 6.54 Å². The van der Waals surface area contributed by atoms with E-state index < -0.39 is 0 Å². The molecule has 0 saturated carbocycles. The zero-order chi connectivity index (χ0) is 10.5. The molecule has 1 nitrogen and oxygen atoms in total. The van der Waals surface area contributed by atoms with Gasteiger partial charge in [-0.3, -0.25) is 0 Å². The van der Waals surface area contributed by atoms with Gasteiger partial charge >= 0.3 is 0 Å². The maximum atomic E-state index is 3.38. The van der Waals surface area contributed by atoms with Crippen LogP contribution in [0, 0.1) is 6.54 Å². The van der Waals surface area contributed by atoms with Gasteiger partial charge in [-0.2, -0.15) is 0 Å². The van der Waals surface area contributed by atoms with Crippen LogP contribution in [-0.2, 0) is 6.42 Å². The van der Waals surface area contributed by atoms with Gasteiger partial charge in [0.15, 0.2) is 0 Å². The lowest BCUT2D eigenvalue weighted by molar-refractivity contribution is 0.488. The molecular weight excluding hydrogens is 182 g/mol. The molecule has 1 aromatic carbocycles. The van der Waals surface area contributed by atoms with Crippen molar-refractivity contribution in [3.05, 3.63) is 41.9 Å². The molecular formula is C14H19N. The van der Waals surface area contributed by atoms with E-state index in [-0.39, 0.29) is 0 Å². The first-order valence-electron chi connectivity index (χ1n) is 5.98. The highest BCUT2D eigenvalue weighted by molar-refractivity contribution is 5.33. The molecule has 1 heterocycles. The molecule has 0 aromatic heterocycles. The van der Waals surface area contributed by atoms with Crippen LogP contribution in [0.5, 0.6) is 0 Å². The van der Waals surface area contributed by atoms with Gasteiger partial charge in [0.2, 0.25) is 0 Å². The van der Waals surface area contributed by atoms with E-state index >= 15 is 0 Å². The first-order chi connectivity index (χ1) is 7.42. The maximum absolute atomic E-state index is 3.38. The molecule has 1 aromatic rings. The van der Waals surface area contributed by atoms with Crippen LogP contribution in [0.4, 0.5) is 0 Å². The molecule has 2 rings (SSSR count). The van der Waals surface area contributed by atoms with E-state index in [1.165, 1.54) is 36.8 Å². The second kappa shape index (κ2) is 5.32. The van der Waals surface area contributed by atoms with Crippen LogP contribution >= 0.6 is 0 Å². The topological polar surface area (TPSA) is 12.0 Å². The van der Waals surface area contributed by atoms with Gasteiger partial charge in [-0.1, -0.05) is 50.5 Å². The van der Waals surface area contributed by atoms with Crippen molar-refractivity contribution in [3.63, 3.8) is 0 Å². The van der Waals surface area contributed by atoms with Crippen LogP contribution in [0.1, 0.15) is 49.8 Å². The second-order valence-corrected chi connectivity index (χ2v) is 4.25. The minimum Gasteiger partial charge on any atom is -0.301 e. The molecule has 1 atom stereocenters. The SMILES string of the molecule is CCCCCC1N[C]Cc2ccccc21. The smallest absolute Gasteiger partial charge is 0.0638 e. The Morgan fingerprint density at radius 1 is 1.33 bits per heavy atom. The molecule has 0 bridgehead atoms. The molecule has 15 heavy (non-hydrogen) atoms. The van der Waals surface area contributed by atoms with Gasteiger partial charge in [-0.05, 0) is 24.0 Å². The van der Waals surface area contributed by atoms with Crippen molar-refractivity contribution >= 4 is 0 Å². The van der Waals surface area contributed by atoms with Gasteiger partial charge < -0.3 is 5.32 Å². The first kappa shape index (κ1) is 10.7. The number of rotatable bonds is 4. The monoisotopic (exact) mass is 201 g/mol. The van der Waals surface area contributed by atoms with Crippen LogP contribution in [0.3, 0.4) is 0 Å². The summed E-state index contributed by atoms with van der Waals surface area (Å²) >= 11 is 0. The quantitative estimate of drug-likeness (QED) is 0.735. The zero-order valence-corrected chi connectivity index (χ0v) is 9.42. The third kappa shape index (κ3) is 2.60. The molecule has 1 unspecified atom stereocenters. The van der Waals surface area contributed by atoms with Crippen molar-refractivity contribution in [2.24, 2.45) is 0 Å². The Morgan fingerprint density at radius 2 is 2.20 bits per heavy atom. The number of fused-ring (bicyclic) bond motifs is 1. The summed E-state index contributed by atoms with van der Waals surface area (Å²) in [7, 11) is 0. The number of unbranched alkanes of at least 4 members (excludes halogenated alkanes) is 2. The summed E-state index contributed by atoms with van der Waals surface area (Å²) in [5, 5.41) is 3.38. The predicted molar refractivity (Wildman–Crippen MR) is 63.4 cm³/mol. The van der Waals surface area contributed by atoms with Crippen LogP contribution in [-0.4, -0.2) is 0 Å². The van der Waals surface area contributed by atoms with Crippen molar-refractivity contribution < 1.29 is 0 Å². The molecule has 1 aliphatic rings. The van der Waals surface area contributed by atoms with Gasteiger partial charge in [-0.25, -0.2) is 0 Å². The molecule has 0 aliphatic carbocycles. The lowest BCUT2D eigenvalue weighted by Gasteiger charge is -2.26. The normalized spacial score (nSPS) is 19.9. The third-order valence-electron chi connectivity index (χ3n) is 3.08. The number of hydrogen-bond acceptors (Lipinski definition) is 1. The molecule has 0 amide bonds. The molecule has 80 valence electrons. The van der Waals surface area contributed by atoms with E-state index in [0.29, 0.717) is 6.04 Å². The lowest BCUT2D eigenvalue weighted by atomic mass is 9.91. The Kier molecular flexibility index (Phi) is 3.79. The molecule has 1 heteroatoms. The molecule has 0 saturated heterocycles. The highest BCUT2D eigenvalue weighted by Crippen LogP contribution is 2.27. The molecule has 2 radical (unpaired) electrons. The summed E-state index contributed by atoms with van der Waals surface area (Å²) < 4.78 is 0. The van der Waals surface area contributed by atoms with Gasteiger partial charge in [-0.15, -0.1) is 0 Å². The maximum Gasteiger partial charge on any atom is 0.0638 e. The average Bonchev–Trinajstić information content (AvgIpc) is 2.30. The van der Waals surface area contributed by atoms with E-state index in [9.17, 15) is 0 Å². The first-order valence-corrected chi connectivity index (χ1v) is 5.98. The fourth-order valence-corrected chi connectivity index (χ4v) is 2.21. The summed E-state index contributed by atoms with van der Waals surface area (Å²) in [5.41, 5.74) is 2.92. The van der Waals surface area contributed by atoms with E-state index in [2.05, 4.69) is 43.1 Å². The van der Waals surface area contributed by atoms with Crippen molar-refractivity contribution in [1.82, 2.24) is 5.32 Å². The largest absolute Gasteiger partial charge is 0.301 e. The summed E-state index contributed by atoms with van der Waals surface area (Å²) in [6, 6.07) is 9.23. The Balaban J connectivity index is 2.02. The van der Waals surface area contributed by atoms with Crippen molar-refractivity contribution in [2.75, 3.05) is 0 Å². The standard InChI is InChI=1S/C14H19N/c1-2-3-4-9-14-13-8-6-5-7-12(13)10-11-15-14/h5-8,14-15H,2-4,9-10H2,1H3. The van der Waals surface area contributed by atoms with E-state index in [4.69, 9.17) is 0 Å². The van der Waals surface area contributed by atoms with Gasteiger partial charge in [0, 0.05) is 6.04 Å². The molecule has 1 N–H and O–H groups in total. The van der Waals surface area contributed by atoms with Gasteiger partial charge in [0.25, 0.3) is 0 Å². The van der Waals surface area contributed by atoms with E-state index in [1.807, 2.05) is 0 Å². The van der Waals surface area contributed by atoms with Crippen LogP contribution in [0.25, 0.3) is 0 Å². The van der Waals surface area contributed by atoms with Crippen LogP contribution < -0.4 is 5.32 Å². The second-order valence-electron chi connectivity index (χ2n) is 4.25. The molecule has 0 spiro atoms. The predicted octanol–water partition coefficient (Wildman–Crippen LogP) is 3.49. The van der Waals surface area contributed by atoms with Gasteiger partial charge in [0.1, 0.15) is 0 Å². The van der Waals surface area contributed by atoms with Crippen molar-refractivity contribution in [2.45, 2.75) is 45.1 Å². The average molecular weight is 201 g/mol.